The van der Waals surface area contributed by atoms with Crippen molar-refractivity contribution < 1.29 is 14.2 Å². The topological polar surface area (TPSA) is 29.5 Å². The predicted molar refractivity (Wildman–Crippen MR) is 73.0 cm³/mol. The maximum Gasteiger partial charge on any atom is 0.136 e. The lowest BCUT2D eigenvalue weighted by Gasteiger charge is -2.15. The zero-order valence-electron chi connectivity index (χ0n) is 11.3. The molecule has 2 nitrogen and oxygen atoms in total. The molecule has 0 aromatic heterocycles. The molecule has 0 aliphatic carbocycles. The summed E-state index contributed by atoms with van der Waals surface area (Å²) in [4.78, 5) is 0. The quantitative estimate of drug-likeness (QED) is 0.892. The van der Waals surface area contributed by atoms with Crippen LogP contribution in [0.1, 0.15) is 29.7 Å². The van der Waals surface area contributed by atoms with E-state index in [-0.39, 0.29) is 5.56 Å². The van der Waals surface area contributed by atoms with Crippen molar-refractivity contribution in [3.05, 3.63) is 58.9 Å². The van der Waals surface area contributed by atoms with Crippen molar-refractivity contribution in [1.29, 1.82) is 0 Å². The largest absolute Gasteiger partial charge is 0.457 e. The number of hydrogen-bond donors (Lipinski definition) is 1. The highest BCUT2D eigenvalue weighted by atomic mass is 19.1. The molecule has 0 radical (unpaired) electrons. The molecule has 0 amide bonds. The minimum Gasteiger partial charge on any atom is -0.457 e. The summed E-state index contributed by atoms with van der Waals surface area (Å²) in [6.45, 7) is 5.41. The Morgan fingerprint density at radius 2 is 1.84 bits per heavy atom. The van der Waals surface area contributed by atoms with Crippen molar-refractivity contribution in [1.82, 2.24) is 0 Å². The number of benzene rings is 2. The number of aryl methyl sites for hydroxylation is 2. The molecule has 0 spiro atoms. The lowest BCUT2D eigenvalue weighted by Crippen LogP contribution is -2.00. The van der Waals surface area contributed by atoms with Gasteiger partial charge in [-0.2, -0.15) is 0 Å². The number of ether oxygens (including phenoxy) is 1. The molecule has 0 aliphatic heterocycles. The average Bonchev–Trinajstić information content (AvgIpc) is 2.33. The lowest BCUT2D eigenvalue weighted by atomic mass is 10.1. The first-order chi connectivity index (χ1) is 8.99. The zero-order valence-corrected chi connectivity index (χ0v) is 11.3. The zero-order chi connectivity index (χ0) is 14.0. The molecule has 2 aromatic carbocycles. The Balaban J connectivity index is 2.44. The van der Waals surface area contributed by atoms with E-state index in [1.54, 1.807) is 12.1 Å². The first-order valence-corrected chi connectivity index (χ1v) is 6.20. The van der Waals surface area contributed by atoms with E-state index in [4.69, 9.17) is 4.74 Å². The molecular formula is C16H17FO2. The average molecular weight is 260 g/mol. The number of halogens is 1. The van der Waals surface area contributed by atoms with E-state index >= 15 is 0 Å². The van der Waals surface area contributed by atoms with Crippen LogP contribution in [-0.4, -0.2) is 5.11 Å². The minimum atomic E-state index is -0.915. The molecule has 19 heavy (non-hydrogen) atoms. The van der Waals surface area contributed by atoms with Crippen molar-refractivity contribution in [3.8, 4) is 11.5 Å². The first-order valence-electron chi connectivity index (χ1n) is 6.20. The molecule has 0 saturated heterocycles. The normalized spacial score (nSPS) is 12.3. The van der Waals surface area contributed by atoms with E-state index in [9.17, 15) is 9.50 Å². The Morgan fingerprint density at radius 3 is 2.53 bits per heavy atom. The van der Waals surface area contributed by atoms with Gasteiger partial charge in [-0.25, -0.2) is 4.39 Å². The molecule has 2 aromatic rings. The fourth-order valence-electron chi connectivity index (χ4n) is 1.95. The summed E-state index contributed by atoms with van der Waals surface area (Å²) in [7, 11) is 0. The Hall–Kier alpha value is -1.87. The summed E-state index contributed by atoms with van der Waals surface area (Å²) in [5.74, 6) is 0.564. The molecular weight excluding hydrogens is 243 g/mol. The summed E-state index contributed by atoms with van der Waals surface area (Å²) >= 11 is 0. The van der Waals surface area contributed by atoms with E-state index < -0.39 is 11.9 Å². The highest BCUT2D eigenvalue weighted by molar-refractivity contribution is 5.43. The summed E-state index contributed by atoms with van der Waals surface area (Å²) in [6.07, 6.45) is -0.915. The minimum absolute atomic E-state index is 0.184. The van der Waals surface area contributed by atoms with Gasteiger partial charge in [0, 0.05) is 0 Å². The third kappa shape index (κ3) is 2.93. The van der Waals surface area contributed by atoms with Crippen LogP contribution in [0.25, 0.3) is 0 Å². The molecule has 0 saturated carbocycles. The third-order valence-corrected chi connectivity index (χ3v) is 2.99. The smallest absolute Gasteiger partial charge is 0.136 e. The SMILES string of the molecule is Cc1ccc(C)c(Oc2cccc(F)c2[C@@H](C)O)c1. The number of aliphatic hydroxyl groups is 1. The number of rotatable bonds is 3. The molecule has 1 atom stereocenters. The summed E-state index contributed by atoms with van der Waals surface area (Å²) in [5.41, 5.74) is 2.21. The maximum absolute atomic E-state index is 13.7. The fourth-order valence-corrected chi connectivity index (χ4v) is 1.95. The van der Waals surface area contributed by atoms with Crippen molar-refractivity contribution in [2.24, 2.45) is 0 Å². The van der Waals surface area contributed by atoms with Gasteiger partial charge in [-0.3, -0.25) is 0 Å². The molecule has 100 valence electrons. The maximum atomic E-state index is 13.7. The van der Waals surface area contributed by atoms with Crippen molar-refractivity contribution in [3.63, 3.8) is 0 Å². The summed E-state index contributed by atoms with van der Waals surface area (Å²) in [5, 5.41) is 9.67. The molecule has 1 N–H and O–H groups in total. The lowest BCUT2D eigenvalue weighted by molar-refractivity contribution is 0.190. The Morgan fingerprint density at radius 1 is 1.11 bits per heavy atom. The van der Waals surface area contributed by atoms with Gasteiger partial charge in [0.25, 0.3) is 0 Å². The molecule has 0 heterocycles. The third-order valence-electron chi connectivity index (χ3n) is 2.99. The number of hydrogen-bond acceptors (Lipinski definition) is 2. The van der Waals surface area contributed by atoms with Crippen LogP contribution in [0.3, 0.4) is 0 Å². The molecule has 3 heteroatoms. The van der Waals surface area contributed by atoms with Crippen LogP contribution in [-0.2, 0) is 0 Å². The second kappa shape index (κ2) is 5.41. The Kier molecular flexibility index (Phi) is 3.86. The second-order valence-electron chi connectivity index (χ2n) is 4.70. The Labute approximate surface area is 112 Å². The van der Waals surface area contributed by atoms with E-state index in [1.807, 2.05) is 32.0 Å². The van der Waals surface area contributed by atoms with E-state index in [0.29, 0.717) is 11.5 Å². The van der Waals surface area contributed by atoms with Crippen LogP contribution in [0.5, 0.6) is 11.5 Å². The summed E-state index contributed by atoms with van der Waals surface area (Å²) in [6, 6.07) is 10.4. The fraction of sp³-hybridized carbons (Fsp3) is 0.250. The van der Waals surface area contributed by atoms with Crippen molar-refractivity contribution >= 4 is 0 Å². The molecule has 0 fully saturated rings. The van der Waals surface area contributed by atoms with Gasteiger partial charge in [0.1, 0.15) is 17.3 Å². The standard InChI is InChI=1S/C16H17FO2/c1-10-7-8-11(2)15(9-10)19-14-6-4-5-13(17)16(14)12(3)18/h4-9,12,18H,1-3H3/t12-/m1/s1. The van der Waals surface area contributed by atoms with Gasteiger partial charge < -0.3 is 9.84 Å². The van der Waals surface area contributed by atoms with Gasteiger partial charge in [-0.1, -0.05) is 18.2 Å². The first kappa shape index (κ1) is 13.6. The van der Waals surface area contributed by atoms with Crippen LogP contribution < -0.4 is 4.74 Å². The van der Waals surface area contributed by atoms with Gasteiger partial charge in [-0.05, 0) is 50.1 Å². The van der Waals surface area contributed by atoms with E-state index in [1.165, 1.54) is 13.0 Å². The highest BCUT2D eigenvalue weighted by Gasteiger charge is 2.15. The molecule has 0 aliphatic rings. The monoisotopic (exact) mass is 260 g/mol. The number of aliphatic hydroxyl groups excluding tert-OH is 1. The van der Waals surface area contributed by atoms with Gasteiger partial charge in [0.15, 0.2) is 0 Å². The van der Waals surface area contributed by atoms with Crippen LogP contribution in [0.4, 0.5) is 4.39 Å². The van der Waals surface area contributed by atoms with Crippen LogP contribution in [0, 0.1) is 19.7 Å². The van der Waals surface area contributed by atoms with Gasteiger partial charge in [0.05, 0.1) is 11.7 Å². The summed E-state index contributed by atoms with van der Waals surface area (Å²) < 4.78 is 19.5. The second-order valence-corrected chi connectivity index (χ2v) is 4.70. The van der Waals surface area contributed by atoms with Crippen LogP contribution in [0.2, 0.25) is 0 Å². The van der Waals surface area contributed by atoms with Crippen LogP contribution >= 0.6 is 0 Å². The van der Waals surface area contributed by atoms with E-state index in [2.05, 4.69) is 0 Å². The molecule has 0 bridgehead atoms. The van der Waals surface area contributed by atoms with Crippen molar-refractivity contribution in [2.75, 3.05) is 0 Å². The van der Waals surface area contributed by atoms with E-state index in [0.717, 1.165) is 11.1 Å². The van der Waals surface area contributed by atoms with Crippen LogP contribution in [0.15, 0.2) is 36.4 Å². The molecule has 2 rings (SSSR count). The van der Waals surface area contributed by atoms with Gasteiger partial charge in [-0.15, -0.1) is 0 Å². The Bertz CT molecular complexity index is 591. The van der Waals surface area contributed by atoms with Gasteiger partial charge >= 0.3 is 0 Å². The van der Waals surface area contributed by atoms with Crippen molar-refractivity contribution in [2.45, 2.75) is 26.9 Å². The molecule has 0 unspecified atom stereocenters. The van der Waals surface area contributed by atoms with Gasteiger partial charge in [0.2, 0.25) is 0 Å². The predicted octanol–water partition coefficient (Wildman–Crippen LogP) is 4.29. The highest BCUT2D eigenvalue weighted by Crippen LogP contribution is 2.33.